The first-order chi connectivity index (χ1) is 15.4. The van der Waals surface area contributed by atoms with Crippen molar-refractivity contribution in [1.29, 1.82) is 0 Å². The van der Waals surface area contributed by atoms with Gasteiger partial charge in [0.15, 0.2) is 0 Å². The van der Waals surface area contributed by atoms with E-state index in [9.17, 15) is 13.2 Å². The van der Waals surface area contributed by atoms with E-state index in [0.29, 0.717) is 30.7 Å². The molecule has 0 radical (unpaired) electrons. The zero-order valence-electron chi connectivity index (χ0n) is 18.5. The van der Waals surface area contributed by atoms with Crippen molar-refractivity contribution in [1.82, 2.24) is 18.8 Å². The molecule has 32 heavy (non-hydrogen) atoms. The number of sulfonamides is 1. The van der Waals surface area contributed by atoms with Crippen molar-refractivity contribution in [2.75, 3.05) is 18.4 Å². The van der Waals surface area contributed by atoms with Crippen LogP contribution < -0.4 is 5.32 Å². The number of hydrogen-bond donors (Lipinski definition) is 1. The largest absolute Gasteiger partial charge is 0.328 e. The third-order valence-electron chi connectivity index (χ3n) is 5.84. The van der Waals surface area contributed by atoms with E-state index in [-0.39, 0.29) is 17.2 Å². The van der Waals surface area contributed by atoms with E-state index < -0.39 is 10.0 Å². The normalized spacial score (nSPS) is 14.8. The number of rotatable bonds is 8. The molecule has 1 aromatic carbocycles. The number of fused-ring (bicyclic) bond motifs is 1. The molecule has 170 valence electrons. The van der Waals surface area contributed by atoms with Crippen molar-refractivity contribution in [3.8, 4) is 0 Å². The minimum Gasteiger partial charge on any atom is -0.328 e. The van der Waals surface area contributed by atoms with E-state index in [0.717, 1.165) is 42.7 Å². The number of nitrogens with one attached hydrogen (secondary N) is 1. The molecule has 1 fully saturated rings. The summed E-state index contributed by atoms with van der Waals surface area (Å²) >= 11 is 0. The van der Waals surface area contributed by atoms with Crippen LogP contribution >= 0.6 is 0 Å². The molecule has 8 nitrogen and oxygen atoms in total. The first kappa shape index (κ1) is 22.4. The van der Waals surface area contributed by atoms with Crippen molar-refractivity contribution in [2.24, 2.45) is 0 Å². The van der Waals surface area contributed by atoms with Crippen molar-refractivity contribution in [3.05, 3.63) is 48.0 Å². The van der Waals surface area contributed by atoms with Gasteiger partial charge in [-0.05, 0) is 56.0 Å². The Morgan fingerprint density at radius 2 is 1.97 bits per heavy atom. The minimum absolute atomic E-state index is 0.103. The zero-order valence-corrected chi connectivity index (χ0v) is 19.4. The topological polar surface area (TPSA) is 97.2 Å². The van der Waals surface area contributed by atoms with Gasteiger partial charge in [0.25, 0.3) is 0 Å². The summed E-state index contributed by atoms with van der Waals surface area (Å²) in [5.41, 5.74) is 3.21. The van der Waals surface area contributed by atoms with Crippen LogP contribution in [0.2, 0.25) is 0 Å². The van der Waals surface area contributed by atoms with Gasteiger partial charge in [-0.15, -0.1) is 0 Å². The Kier molecular flexibility index (Phi) is 6.57. The highest BCUT2D eigenvalue weighted by Crippen LogP contribution is 2.26. The lowest BCUT2D eigenvalue weighted by Crippen LogP contribution is -2.27. The van der Waals surface area contributed by atoms with E-state index in [2.05, 4.69) is 21.8 Å². The van der Waals surface area contributed by atoms with Crippen molar-refractivity contribution >= 4 is 32.7 Å². The number of imidazole rings is 1. The summed E-state index contributed by atoms with van der Waals surface area (Å²) in [5.74, 6) is 0.684. The van der Waals surface area contributed by atoms with Gasteiger partial charge in [-0.1, -0.05) is 6.92 Å². The minimum atomic E-state index is -3.50. The number of hydrogen-bond acceptors (Lipinski definition) is 5. The summed E-state index contributed by atoms with van der Waals surface area (Å²) in [4.78, 5) is 21.5. The van der Waals surface area contributed by atoms with Crippen LogP contribution in [0.15, 0.2) is 41.6 Å². The van der Waals surface area contributed by atoms with Crippen molar-refractivity contribution in [2.45, 2.75) is 57.4 Å². The maximum Gasteiger partial charge on any atom is 0.243 e. The lowest BCUT2D eigenvalue weighted by molar-refractivity contribution is -0.116. The number of carbonyl (C=O) groups is 1. The molecule has 0 spiro atoms. The summed E-state index contributed by atoms with van der Waals surface area (Å²) in [5, 5.41) is 2.90. The van der Waals surface area contributed by atoms with Gasteiger partial charge in [0.2, 0.25) is 15.9 Å². The zero-order chi connectivity index (χ0) is 22.7. The predicted octanol–water partition coefficient (Wildman–Crippen LogP) is 3.51. The van der Waals surface area contributed by atoms with Gasteiger partial charge in [0, 0.05) is 38.7 Å². The fourth-order valence-corrected chi connectivity index (χ4v) is 5.63. The van der Waals surface area contributed by atoms with E-state index in [1.807, 2.05) is 19.1 Å². The lowest BCUT2D eigenvalue weighted by Gasteiger charge is -2.15. The molecule has 0 saturated carbocycles. The Bertz CT molecular complexity index is 1230. The number of aryl methyl sites for hydroxylation is 3. The number of benzene rings is 1. The molecule has 0 bridgehead atoms. The molecule has 3 aromatic rings. The molecule has 4 rings (SSSR count). The van der Waals surface area contributed by atoms with E-state index >= 15 is 0 Å². The van der Waals surface area contributed by atoms with Gasteiger partial charge in [0.05, 0.1) is 27.8 Å². The molecule has 2 aromatic heterocycles. The predicted molar refractivity (Wildman–Crippen MR) is 124 cm³/mol. The monoisotopic (exact) mass is 455 g/mol. The molecule has 1 N–H and O–H groups in total. The van der Waals surface area contributed by atoms with Crippen molar-refractivity contribution in [3.63, 3.8) is 0 Å². The van der Waals surface area contributed by atoms with Gasteiger partial charge in [-0.3, -0.25) is 9.78 Å². The molecule has 1 saturated heterocycles. The summed E-state index contributed by atoms with van der Waals surface area (Å²) in [6, 6.07) is 7.02. The number of nitrogens with zero attached hydrogens (tertiary/aromatic N) is 4. The molecule has 0 unspecified atom stereocenters. The number of amides is 1. The van der Waals surface area contributed by atoms with Crippen LogP contribution in [0.5, 0.6) is 0 Å². The Labute approximate surface area is 188 Å². The Morgan fingerprint density at radius 3 is 2.69 bits per heavy atom. The molecular weight excluding hydrogens is 426 g/mol. The average molecular weight is 456 g/mol. The number of aromatic nitrogens is 3. The quantitative estimate of drug-likeness (QED) is 0.561. The Balaban J connectivity index is 1.56. The van der Waals surface area contributed by atoms with Gasteiger partial charge >= 0.3 is 0 Å². The maximum atomic E-state index is 12.9. The average Bonchev–Trinajstić information content (AvgIpc) is 3.43. The molecular formula is C23H29N5O3S. The molecule has 0 atom stereocenters. The summed E-state index contributed by atoms with van der Waals surface area (Å²) in [6.07, 6.45) is 6.79. The van der Waals surface area contributed by atoms with E-state index in [1.54, 1.807) is 28.8 Å². The maximum absolute atomic E-state index is 12.9. The van der Waals surface area contributed by atoms with E-state index in [4.69, 9.17) is 4.98 Å². The van der Waals surface area contributed by atoms with Crippen LogP contribution in [-0.4, -0.2) is 46.3 Å². The van der Waals surface area contributed by atoms with Gasteiger partial charge < -0.3 is 9.88 Å². The highest BCUT2D eigenvalue weighted by molar-refractivity contribution is 7.89. The molecule has 1 amide bonds. The van der Waals surface area contributed by atoms with Crippen LogP contribution in [0.25, 0.3) is 11.0 Å². The van der Waals surface area contributed by atoms with Crippen LogP contribution in [0, 0.1) is 6.92 Å². The third kappa shape index (κ3) is 4.54. The Hall–Kier alpha value is -2.78. The van der Waals surface area contributed by atoms with E-state index in [1.165, 1.54) is 0 Å². The molecule has 1 aliphatic heterocycles. The standard InChI is InChI=1S/C23H29N5O3S/c1-3-12-28-21-7-6-18(32(30,31)27-13-4-5-14-27)15-19(21)25-22(28)8-9-23(29)26-20-16-24-11-10-17(20)2/h6-7,10-11,15-16H,3-5,8-9,12-14H2,1-2H3,(H,26,29). The fraction of sp³-hybridized carbons (Fsp3) is 0.435. The SMILES string of the molecule is CCCn1c(CCC(=O)Nc2cnccc2C)nc2cc(S(=O)(=O)N3CCCC3)ccc21. The Morgan fingerprint density at radius 1 is 1.19 bits per heavy atom. The molecule has 1 aliphatic rings. The lowest BCUT2D eigenvalue weighted by atomic mass is 10.2. The van der Waals surface area contributed by atoms with Crippen LogP contribution in [0.4, 0.5) is 5.69 Å². The summed E-state index contributed by atoms with van der Waals surface area (Å²) < 4.78 is 29.5. The second-order valence-electron chi connectivity index (χ2n) is 8.18. The number of carbonyl (C=O) groups excluding carboxylic acids is 1. The molecule has 3 heterocycles. The van der Waals surface area contributed by atoms with Crippen molar-refractivity contribution < 1.29 is 13.2 Å². The van der Waals surface area contributed by atoms with Crippen LogP contribution in [0.1, 0.15) is 44.0 Å². The van der Waals surface area contributed by atoms with Crippen LogP contribution in [-0.2, 0) is 27.8 Å². The van der Waals surface area contributed by atoms with Crippen LogP contribution in [0.3, 0.4) is 0 Å². The molecule has 9 heteroatoms. The summed E-state index contributed by atoms with van der Waals surface area (Å²) in [7, 11) is -3.50. The number of pyridine rings is 1. The third-order valence-corrected chi connectivity index (χ3v) is 7.73. The highest BCUT2D eigenvalue weighted by atomic mass is 32.2. The first-order valence-electron chi connectivity index (χ1n) is 11.1. The molecule has 0 aliphatic carbocycles. The van der Waals surface area contributed by atoms with Gasteiger partial charge in [0.1, 0.15) is 5.82 Å². The smallest absolute Gasteiger partial charge is 0.243 e. The first-order valence-corrected chi connectivity index (χ1v) is 12.5. The van der Waals surface area contributed by atoms with Gasteiger partial charge in [-0.2, -0.15) is 4.31 Å². The second kappa shape index (κ2) is 9.38. The second-order valence-corrected chi connectivity index (χ2v) is 10.1. The highest BCUT2D eigenvalue weighted by Gasteiger charge is 2.27. The summed E-state index contributed by atoms with van der Waals surface area (Å²) in [6.45, 7) is 5.90. The van der Waals surface area contributed by atoms with Gasteiger partial charge in [-0.25, -0.2) is 13.4 Å². The fourth-order valence-electron chi connectivity index (χ4n) is 4.09. The number of anilines is 1.